The van der Waals surface area contributed by atoms with Gasteiger partial charge in [0.05, 0.1) is 36.2 Å². The summed E-state index contributed by atoms with van der Waals surface area (Å²) < 4.78 is 12.3. The van der Waals surface area contributed by atoms with E-state index < -0.39 is 5.97 Å². The molecule has 1 fully saturated rings. The van der Waals surface area contributed by atoms with Crippen molar-refractivity contribution in [2.75, 3.05) is 44.0 Å². The van der Waals surface area contributed by atoms with Gasteiger partial charge in [-0.1, -0.05) is 23.4 Å². The van der Waals surface area contributed by atoms with Crippen LogP contribution < -0.4 is 10.2 Å². The van der Waals surface area contributed by atoms with Gasteiger partial charge >= 0.3 is 5.97 Å². The lowest BCUT2D eigenvalue weighted by molar-refractivity contribution is -0.922. The van der Waals surface area contributed by atoms with Gasteiger partial charge in [-0.15, -0.1) is 10.2 Å². The first-order valence-electron chi connectivity index (χ1n) is 9.66. The minimum atomic E-state index is -0.526. The minimum Gasteiger partial charge on any atom is -0.462 e. The van der Waals surface area contributed by atoms with Crippen molar-refractivity contribution in [2.24, 2.45) is 7.05 Å². The molecular formula is C19H25ClN5O4S+. The molecule has 11 heteroatoms. The Bertz CT molecular complexity index is 901. The molecule has 0 unspecified atom stereocenters. The Labute approximate surface area is 184 Å². The van der Waals surface area contributed by atoms with Crippen LogP contribution in [-0.2, 0) is 27.9 Å². The Morgan fingerprint density at radius 2 is 2.10 bits per heavy atom. The summed E-state index contributed by atoms with van der Waals surface area (Å²) in [7, 11) is 1.90. The summed E-state index contributed by atoms with van der Waals surface area (Å²) in [5, 5.41) is 12.2. The average molecular weight is 455 g/mol. The van der Waals surface area contributed by atoms with Crippen LogP contribution in [0, 0.1) is 0 Å². The highest BCUT2D eigenvalue weighted by Crippen LogP contribution is 2.22. The first-order valence-corrected chi connectivity index (χ1v) is 11.0. The van der Waals surface area contributed by atoms with E-state index in [1.165, 1.54) is 22.7 Å². The van der Waals surface area contributed by atoms with E-state index in [0.29, 0.717) is 10.8 Å². The van der Waals surface area contributed by atoms with Crippen LogP contribution >= 0.6 is 23.4 Å². The monoisotopic (exact) mass is 454 g/mol. The van der Waals surface area contributed by atoms with E-state index in [4.69, 9.17) is 21.1 Å². The van der Waals surface area contributed by atoms with Gasteiger partial charge in [-0.2, -0.15) is 0 Å². The molecule has 1 aromatic heterocycles. The van der Waals surface area contributed by atoms with Gasteiger partial charge in [0.15, 0.2) is 11.0 Å². The first kappa shape index (κ1) is 22.5. The van der Waals surface area contributed by atoms with Crippen molar-refractivity contribution in [1.82, 2.24) is 14.8 Å². The molecule has 0 spiro atoms. The van der Waals surface area contributed by atoms with Crippen molar-refractivity contribution in [3.05, 3.63) is 34.6 Å². The third kappa shape index (κ3) is 5.94. The third-order valence-corrected chi connectivity index (χ3v) is 5.96. The predicted molar refractivity (Wildman–Crippen MR) is 113 cm³/mol. The van der Waals surface area contributed by atoms with Crippen molar-refractivity contribution in [1.29, 1.82) is 0 Å². The number of carbonyl (C=O) groups excluding carboxylic acids is 2. The summed E-state index contributed by atoms with van der Waals surface area (Å²) in [5.74, 6) is 0.294. The number of morpholine rings is 1. The van der Waals surface area contributed by atoms with E-state index in [1.54, 1.807) is 19.1 Å². The first-order chi connectivity index (χ1) is 14.5. The lowest BCUT2D eigenvalue weighted by atomic mass is 10.2. The summed E-state index contributed by atoms with van der Waals surface area (Å²) in [6.07, 6.45) is 0. The van der Waals surface area contributed by atoms with Gasteiger partial charge in [-0.25, -0.2) is 4.79 Å². The van der Waals surface area contributed by atoms with Gasteiger partial charge < -0.3 is 24.3 Å². The molecule has 9 nitrogen and oxygen atoms in total. The van der Waals surface area contributed by atoms with Gasteiger partial charge in [0, 0.05) is 12.7 Å². The van der Waals surface area contributed by atoms with Crippen LogP contribution in [0.4, 0.5) is 5.69 Å². The van der Waals surface area contributed by atoms with Crippen molar-refractivity contribution < 1.29 is 24.0 Å². The van der Waals surface area contributed by atoms with Crippen LogP contribution in [0.1, 0.15) is 23.1 Å². The Hall–Kier alpha value is -2.14. The van der Waals surface area contributed by atoms with Gasteiger partial charge in [-0.3, -0.25) is 4.79 Å². The zero-order valence-electron chi connectivity index (χ0n) is 16.9. The molecule has 162 valence electrons. The van der Waals surface area contributed by atoms with E-state index >= 15 is 0 Å². The second-order valence-corrected chi connectivity index (χ2v) is 8.10. The number of ether oxygens (including phenoxy) is 2. The minimum absolute atomic E-state index is 0.160. The van der Waals surface area contributed by atoms with Crippen molar-refractivity contribution >= 4 is 40.9 Å². The van der Waals surface area contributed by atoms with Crippen LogP contribution in [-0.4, -0.2) is 65.3 Å². The molecule has 0 bridgehead atoms. The van der Waals surface area contributed by atoms with E-state index in [-0.39, 0.29) is 28.9 Å². The predicted octanol–water partition coefficient (Wildman–Crippen LogP) is 0.791. The molecule has 2 N–H and O–H groups in total. The Morgan fingerprint density at radius 3 is 2.83 bits per heavy atom. The maximum atomic E-state index is 12.4. The molecule has 30 heavy (non-hydrogen) atoms. The zero-order chi connectivity index (χ0) is 21.5. The van der Waals surface area contributed by atoms with Crippen LogP contribution in [0.3, 0.4) is 0 Å². The molecule has 0 atom stereocenters. The molecule has 1 saturated heterocycles. The maximum absolute atomic E-state index is 12.4. The summed E-state index contributed by atoms with van der Waals surface area (Å²) in [6.45, 7) is 6.17. The number of thioether (sulfide) groups is 1. The Kier molecular flexibility index (Phi) is 8.08. The Morgan fingerprint density at radius 1 is 1.33 bits per heavy atom. The third-order valence-electron chi connectivity index (χ3n) is 4.61. The smallest absolute Gasteiger partial charge is 0.339 e. The second-order valence-electron chi connectivity index (χ2n) is 6.75. The van der Waals surface area contributed by atoms with Crippen LogP contribution in [0.25, 0.3) is 0 Å². The van der Waals surface area contributed by atoms with Gasteiger partial charge in [0.25, 0.3) is 0 Å². The molecule has 1 amide bonds. The molecule has 0 aliphatic carbocycles. The topological polar surface area (TPSA) is 99.8 Å². The highest BCUT2D eigenvalue weighted by molar-refractivity contribution is 7.99. The second kappa shape index (κ2) is 10.8. The van der Waals surface area contributed by atoms with Gasteiger partial charge in [0.2, 0.25) is 5.91 Å². The number of carbonyl (C=O) groups is 2. The van der Waals surface area contributed by atoms with Crippen LogP contribution in [0.15, 0.2) is 23.4 Å². The van der Waals surface area contributed by atoms with Crippen molar-refractivity contribution in [2.45, 2.75) is 18.6 Å². The number of anilines is 1. The normalized spacial score (nSPS) is 14.5. The number of hydrogen-bond donors (Lipinski definition) is 2. The molecule has 0 radical (unpaired) electrons. The fraction of sp³-hybridized carbons (Fsp3) is 0.474. The summed E-state index contributed by atoms with van der Waals surface area (Å²) in [4.78, 5) is 25.7. The molecule has 1 aromatic carbocycles. The highest BCUT2D eigenvalue weighted by atomic mass is 35.5. The molecule has 0 saturated carbocycles. The van der Waals surface area contributed by atoms with Gasteiger partial charge in [-0.05, 0) is 25.1 Å². The molecule has 2 heterocycles. The van der Waals surface area contributed by atoms with E-state index in [2.05, 4.69) is 15.5 Å². The lowest BCUT2D eigenvalue weighted by Gasteiger charge is -2.23. The van der Waals surface area contributed by atoms with Crippen molar-refractivity contribution in [3.8, 4) is 0 Å². The van der Waals surface area contributed by atoms with Gasteiger partial charge in [0.1, 0.15) is 19.6 Å². The lowest BCUT2D eigenvalue weighted by Crippen LogP contribution is -3.12. The number of quaternary nitrogens is 1. The van der Waals surface area contributed by atoms with Crippen LogP contribution in [0.5, 0.6) is 0 Å². The zero-order valence-corrected chi connectivity index (χ0v) is 18.5. The number of nitrogens with zero attached hydrogens (tertiary/aromatic N) is 3. The summed E-state index contributed by atoms with van der Waals surface area (Å²) in [5.41, 5.74) is 0.690. The molecule has 3 rings (SSSR count). The highest BCUT2D eigenvalue weighted by Gasteiger charge is 2.19. The Balaban J connectivity index is 1.55. The quantitative estimate of drug-likeness (QED) is 0.449. The molecular weight excluding hydrogens is 430 g/mol. The van der Waals surface area contributed by atoms with E-state index in [9.17, 15) is 9.59 Å². The summed E-state index contributed by atoms with van der Waals surface area (Å²) >= 11 is 7.35. The molecule has 1 aliphatic rings. The maximum Gasteiger partial charge on any atom is 0.339 e. The number of nitrogens with one attached hydrogen (secondary N) is 2. The number of halogens is 1. The number of rotatable bonds is 8. The van der Waals surface area contributed by atoms with Crippen molar-refractivity contribution in [3.63, 3.8) is 0 Å². The molecule has 1 aliphatic heterocycles. The SMILES string of the molecule is CCOC(=O)c1cc(NC(=O)CSc2nnc(C[NH+]3CCOCC3)n2C)ccc1Cl. The number of esters is 1. The number of benzene rings is 1. The molecule has 2 aromatic rings. The summed E-state index contributed by atoms with van der Waals surface area (Å²) in [6, 6.07) is 4.70. The largest absolute Gasteiger partial charge is 0.462 e. The van der Waals surface area contributed by atoms with E-state index in [0.717, 1.165) is 38.7 Å². The number of amides is 1. The number of hydrogen-bond acceptors (Lipinski definition) is 7. The van der Waals surface area contributed by atoms with E-state index in [1.807, 2.05) is 11.6 Å². The fourth-order valence-corrected chi connectivity index (χ4v) is 3.91. The standard InChI is InChI=1S/C19H24ClN5O4S/c1-3-29-18(27)14-10-13(4-5-15(14)20)21-17(26)12-30-19-23-22-16(24(19)2)11-25-6-8-28-9-7-25/h4-5,10H,3,6-9,11-12H2,1-2H3,(H,21,26)/p+1. The van der Waals surface area contributed by atoms with Crippen LogP contribution in [0.2, 0.25) is 5.02 Å². The fourth-order valence-electron chi connectivity index (χ4n) is 2.98. The average Bonchev–Trinajstić information content (AvgIpc) is 3.08. The number of aromatic nitrogens is 3.